The first-order valence-electron chi connectivity index (χ1n) is 11.0. The molecule has 0 aromatic heterocycles. The van der Waals surface area contributed by atoms with Crippen LogP contribution in [0.4, 0.5) is 0 Å². The van der Waals surface area contributed by atoms with Gasteiger partial charge < -0.3 is 14.6 Å². The van der Waals surface area contributed by atoms with Gasteiger partial charge in [-0.3, -0.25) is 19.2 Å². The molecule has 180 valence electrons. The molecule has 0 saturated heterocycles. The molecule has 0 unspecified atom stereocenters. The fourth-order valence-corrected chi connectivity index (χ4v) is 3.71. The summed E-state index contributed by atoms with van der Waals surface area (Å²) in [5.74, 6) is -0.935. The van der Waals surface area contributed by atoms with E-state index in [1.807, 2.05) is 50.2 Å². The smallest absolute Gasteiger partial charge is 0.313 e. The molecule has 0 aliphatic carbocycles. The molecule has 2 aromatic carbocycles. The molecule has 1 amide bonds. The molecule has 2 rings (SSSR count). The van der Waals surface area contributed by atoms with Crippen molar-refractivity contribution in [1.29, 1.82) is 0 Å². The molecule has 0 spiro atoms. The van der Waals surface area contributed by atoms with Crippen LogP contribution in [0.25, 0.3) is 10.8 Å². The summed E-state index contributed by atoms with van der Waals surface area (Å²) in [6, 6.07) is 11.5. The number of methoxy groups -OCH3 is 1. The maximum atomic E-state index is 12.5. The van der Waals surface area contributed by atoms with Crippen molar-refractivity contribution in [1.82, 2.24) is 5.06 Å². The number of carboxylic acids is 1. The van der Waals surface area contributed by atoms with Gasteiger partial charge >= 0.3 is 11.9 Å². The van der Waals surface area contributed by atoms with Crippen molar-refractivity contribution in [2.45, 2.75) is 39.5 Å². The minimum absolute atomic E-state index is 0.00378. The van der Waals surface area contributed by atoms with Gasteiger partial charge in [0.1, 0.15) is 19.0 Å². The van der Waals surface area contributed by atoms with Crippen molar-refractivity contribution >= 4 is 29.1 Å². The number of aliphatic carboxylic acids is 1. The molecule has 0 heterocycles. The first-order chi connectivity index (χ1) is 15.7. The third-order valence-corrected chi connectivity index (χ3v) is 5.33. The second-order valence-corrected chi connectivity index (χ2v) is 8.49. The molecule has 0 radical (unpaired) electrons. The number of hydrogen-bond acceptors (Lipinski definition) is 6. The largest absolute Gasteiger partial charge is 0.497 e. The topological polar surface area (TPSA) is 102 Å². The van der Waals surface area contributed by atoms with E-state index in [9.17, 15) is 14.4 Å². The van der Waals surface area contributed by atoms with Crippen LogP contribution >= 0.6 is 0 Å². The summed E-state index contributed by atoms with van der Waals surface area (Å²) >= 11 is 0. The van der Waals surface area contributed by atoms with Gasteiger partial charge in [-0.1, -0.05) is 38.1 Å². The Hall–Kier alpha value is -3.13. The van der Waals surface area contributed by atoms with Crippen molar-refractivity contribution < 1.29 is 33.8 Å². The number of carbonyl (C=O) groups is 3. The number of carboxylic acid groups (broad SMARTS) is 1. The fraction of sp³-hybridized carbons (Fsp3) is 0.480. The Morgan fingerprint density at radius 1 is 1.06 bits per heavy atom. The van der Waals surface area contributed by atoms with Crippen molar-refractivity contribution in [3.05, 3.63) is 42.0 Å². The molecule has 0 saturated carbocycles. The van der Waals surface area contributed by atoms with E-state index in [1.165, 1.54) is 0 Å². The van der Waals surface area contributed by atoms with Crippen LogP contribution in [-0.4, -0.2) is 55.4 Å². The summed E-state index contributed by atoms with van der Waals surface area (Å²) in [5.41, 5.74) is 0.832. The van der Waals surface area contributed by atoms with Gasteiger partial charge in [-0.25, -0.2) is 5.06 Å². The Morgan fingerprint density at radius 3 is 2.39 bits per heavy atom. The SMILES string of the molecule is COc1ccc2cc([C@H](C)C(=O)OCCON(C=O)C[C@H](CC(=O)O)CC(C)C)ccc2c1. The van der Waals surface area contributed by atoms with E-state index < -0.39 is 17.9 Å². The first-order valence-corrected chi connectivity index (χ1v) is 11.0. The summed E-state index contributed by atoms with van der Waals surface area (Å²) < 4.78 is 10.6. The lowest BCUT2D eigenvalue weighted by atomic mass is 9.94. The van der Waals surface area contributed by atoms with Crippen LogP contribution in [0, 0.1) is 11.8 Å². The zero-order valence-corrected chi connectivity index (χ0v) is 19.7. The summed E-state index contributed by atoms with van der Waals surface area (Å²) in [4.78, 5) is 40.2. The maximum absolute atomic E-state index is 12.5. The molecule has 0 fully saturated rings. The van der Waals surface area contributed by atoms with Crippen LogP contribution in [0.5, 0.6) is 5.75 Å². The highest BCUT2D eigenvalue weighted by Gasteiger charge is 2.20. The lowest BCUT2D eigenvalue weighted by Crippen LogP contribution is -2.32. The molecule has 0 aliphatic heterocycles. The average Bonchev–Trinajstić information content (AvgIpc) is 2.78. The molecule has 2 atom stereocenters. The van der Waals surface area contributed by atoms with E-state index in [1.54, 1.807) is 14.0 Å². The minimum Gasteiger partial charge on any atom is -0.497 e. The number of nitrogens with zero attached hydrogens (tertiary/aromatic N) is 1. The van der Waals surface area contributed by atoms with E-state index in [0.29, 0.717) is 18.7 Å². The number of rotatable bonds is 14. The Bertz CT molecular complexity index is 943. The Morgan fingerprint density at radius 2 is 1.76 bits per heavy atom. The normalized spacial score (nSPS) is 12.9. The third-order valence-electron chi connectivity index (χ3n) is 5.33. The standard InChI is InChI=1S/C25H33NO7/c1-17(2)11-19(12-24(28)29)15-26(16-27)33-10-9-32-25(30)18(3)20-5-6-22-14-23(31-4)8-7-21(22)13-20/h5-8,13-14,16-19H,9-12,15H2,1-4H3,(H,28,29)/t18-,19-/m0/s1. The minimum atomic E-state index is -0.915. The van der Waals surface area contributed by atoms with E-state index in [-0.39, 0.29) is 32.1 Å². The highest BCUT2D eigenvalue weighted by molar-refractivity contribution is 5.86. The summed E-state index contributed by atoms with van der Waals surface area (Å²) in [6.07, 6.45) is 1.13. The van der Waals surface area contributed by atoms with Crippen molar-refractivity contribution in [3.63, 3.8) is 0 Å². The molecule has 0 aliphatic rings. The highest BCUT2D eigenvalue weighted by Crippen LogP contribution is 2.25. The van der Waals surface area contributed by atoms with Gasteiger partial charge in [-0.2, -0.15) is 0 Å². The molecule has 0 bridgehead atoms. The zero-order chi connectivity index (χ0) is 24.4. The van der Waals surface area contributed by atoms with Gasteiger partial charge in [0.25, 0.3) is 0 Å². The highest BCUT2D eigenvalue weighted by atomic mass is 16.7. The number of hydroxylamine groups is 2. The molecular formula is C25H33NO7. The predicted octanol–water partition coefficient (Wildman–Crippen LogP) is 4.02. The summed E-state index contributed by atoms with van der Waals surface area (Å²) in [5, 5.41) is 12.2. The Kier molecular flexibility index (Phi) is 10.1. The number of benzene rings is 2. The Labute approximate surface area is 194 Å². The molecule has 8 heteroatoms. The van der Waals surface area contributed by atoms with Crippen LogP contribution in [0.15, 0.2) is 36.4 Å². The van der Waals surface area contributed by atoms with Gasteiger partial charge in [-0.15, -0.1) is 0 Å². The van der Waals surface area contributed by atoms with E-state index in [2.05, 4.69) is 0 Å². The van der Waals surface area contributed by atoms with E-state index in [4.69, 9.17) is 19.4 Å². The summed E-state index contributed by atoms with van der Waals surface area (Å²) in [7, 11) is 1.62. The summed E-state index contributed by atoms with van der Waals surface area (Å²) in [6.45, 7) is 5.90. The number of esters is 1. The van der Waals surface area contributed by atoms with Crippen molar-refractivity contribution in [2.75, 3.05) is 26.9 Å². The fourth-order valence-electron chi connectivity index (χ4n) is 3.71. The molecule has 33 heavy (non-hydrogen) atoms. The molecule has 8 nitrogen and oxygen atoms in total. The van der Waals surface area contributed by atoms with Gasteiger partial charge in [-0.05, 0) is 53.6 Å². The lowest BCUT2D eigenvalue weighted by molar-refractivity contribution is -0.184. The zero-order valence-electron chi connectivity index (χ0n) is 19.7. The van der Waals surface area contributed by atoms with Crippen LogP contribution < -0.4 is 4.74 Å². The number of hydrogen-bond donors (Lipinski definition) is 1. The number of ether oxygens (including phenoxy) is 2. The monoisotopic (exact) mass is 459 g/mol. The molecule has 2 aromatic rings. The first kappa shape index (κ1) is 26.1. The van der Waals surface area contributed by atoms with Crippen LogP contribution in [0.2, 0.25) is 0 Å². The second kappa shape index (κ2) is 12.8. The van der Waals surface area contributed by atoms with E-state index >= 15 is 0 Å². The van der Waals surface area contributed by atoms with Crippen LogP contribution in [-0.2, 0) is 24.0 Å². The lowest BCUT2D eigenvalue weighted by Gasteiger charge is -2.24. The number of fused-ring (bicyclic) bond motifs is 1. The molecule has 1 N–H and O–H groups in total. The number of amides is 1. The van der Waals surface area contributed by atoms with Crippen LogP contribution in [0.3, 0.4) is 0 Å². The number of carbonyl (C=O) groups excluding carboxylic acids is 2. The quantitative estimate of drug-likeness (QED) is 0.197. The van der Waals surface area contributed by atoms with E-state index in [0.717, 1.165) is 27.1 Å². The van der Waals surface area contributed by atoms with Crippen molar-refractivity contribution in [2.24, 2.45) is 11.8 Å². The predicted molar refractivity (Wildman–Crippen MR) is 124 cm³/mol. The second-order valence-electron chi connectivity index (χ2n) is 8.49. The van der Waals surface area contributed by atoms with Gasteiger partial charge in [0, 0.05) is 6.42 Å². The van der Waals surface area contributed by atoms with Crippen LogP contribution in [0.1, 0.15) is 45.1 Å². The van der Waals surface area contributed by atoms with Gasteiger partial charge in [0.15, 0.2) is 0 Å². The van der Waals surface area contributed by atoms with Crippen molar-refractivity contribution in [3.8, 4) is 5.75 Å². The third kappa shape index (κ3) is 8.38. The van der Waals surface area contributed by atoms with Gasteiger partial charge in [0.05, 0.1) is 19.6 Å². The van der Waals surface area contributed by atoms with Gasteiger partial charge in [0.2, 0.25) is 6.41 Å². The average molecular weight is 460 g/mol. The maximum Gasteiger partial charge on any atom is 0.313 e. The Balaban J connectivity index is 1.85. The molecular weight excluding hydrogens is 426 g/mol.